The van der Waals surface area contributed by atoms with Gasteiger partial charge in [-0.05, 0) is 66.0 Å². The van der Waals surface area contributed by atoms with Crippen molar-refractivity contribution in [1.29, 1.82) is 0 Å². The van der Waals surface area contributed by atoms with Crippen LogP contribution in [0.2, 0.25) is 0 Å². The molecule has 16 nitrogen and oxygen atoms in total. The highest BCUT2D eigenvalue weighted by Crippen LogP contribution is 2.43. The van der Waals surface area contributed by atoms with Crippen molar-refractivity contribution in [3.8, 4) is 23.0 Å². The molecule has 3 rings (SSSR count). The molecule has 5 unspecified atom stereocenters. The predicted octanol–water partition coefficient (Wildman–Crippen LogP) is 6.58. The second kappa shape index (κ2) is 23.6. The SMILES string of the molecule is C=C/C(O)=C(O)\C=C\CC(OC=O)C(=O)O.C=CC1/C(O)=C(O)\C=C/C/C=C(/C(=O)OC(Cc2ccc(O)c(O)c2)C(=O)O)C(c2ccc(O)c(O)c2)C1C.CC. The second-order valence-corrected chi connectivity index (χ2v) is 11.8. The molecule has 0 fully saturated rings. The zero-order chi connectivity index (χ0) is 43.4. The lowest BCUT2D eigenvalue weighted by Crippen LogP contribution is -2.32. The molecule has 0 aromatic heterocycles. The lowest BCUT2D eigenvalue weighted by molar-refractivity contribution is -0.161. The molecule has 2 aromatic carbocycles. The summed E-state index contributed by atoms with van der Waals surface area (Å²) in [7, 11) is 0. The first-order valence-electron chi connectivity index (χ1n) is 17.3. The Morgan fingerprint density at radius 1 is 0.842 bits per heavy atom. The van der Waals surface area contributed by atoms with E-state index >= 15 is 0 Å². The number of allylic oxidation sites excluding steroid dienone is 6. The molecule has 0 aliphatic heterocycles. The number of aliphatic carboxylic acids is 2. The predicted molar refractivity (Wildman–Crippen MR) is 207 cm³/mol. The van der Waals surface area contributed by atoms with Gasteiger partial charge in [0.2, 0.25) is 12.2 Å². The van der Waals surface area contributed by atoms with Gasteiger partial charge < -0.3 is 60.5 Å². The highest BCUT2D eigenvalue weighted by Gasteiger charge is 2.37. The average molecular weight is 797 g/mol. The zero-order valence-corrected chi connectivity index (χ0v) is 31.4. The van der Waals surface area contributed by atoms with Crippen LogP contribution in [-0.2, 0) is 35.1 Å². The van der Waals surface area contributed by atoms with E-state index in [1.807, 2.05) is 13.8 Å². The minimum Gasteiger partial charge on any atom is -0.508 e. The van der Waals surface area contributed by atoms with Crippen molar-refractivity contribution in [2.45, 2.75) is 58.2 Å². The molecule has 57 heavy (non-hydrogen) atoms. The lowest BCUT2D eigenvalue weighted by Gasteiger charge is -2.32. The maximum Gasteiger partial charge on any atom is 0.345 e. The number of ether oxygens (including phenoxy) is 2. The summed E-state index contributed by atoms with van der Waals surface area (Å²) in [6, 6.07) is 7.66. The monoisotopic (exact) mass is 796 g/mol. The fraction of sp³-hybridized carbons (Fsp3) is 0.268. The van der Waals surface area contributed by atoms with Crippen molar-refractivity contribution in [1.82, 2.24) is 0 Å². The number of carbonyl (C=O) groups is 4. The minimum absolute atomic E-state index is 0.0121. The third-order valence-corrected chi connectivity index (χ3v) is 8.17. The van der Waals surface area contributed by atoms with E-state index < -0.39 is 88.1 Å². The molecule has 0 heterocycles. The highest BCUT2D eigenvalue weighted by molar-refractivity contribution is 5.92. The molecule has 10 N–H and O–H groups in total. The molecular formula is C41H48O16. The quantitative estimate of drug-likeness (QED) is 0.0241. The normalized spacial score (nSPS) is 20.8. The Balaban J connectivity index is 0.000000759. The van der Waals surface area contributed by atoms with Gasteiger partial charge in [0.1, 0.15) is 5.76 Å². The Morgan fingerprint density at radius 2 is 1.44 bits per heavy atom. The summed E-state index contributed by atoms with van der Waals surface area (Å²) in [4.78, 5) is 46.0. The summed E-state index contributed by atoms with van der Waals surface area (Å²) in [6.45, 7) is 12.7. The van der Waals surface area contributed by atoms with Crippen molar-refractivity contribution >= 4 is 24.4 Å². The van der Waals surface area contributed by atoms with E-state index in [2.05, 4.69) is 17.9 Å². The maximum absolute atomic E-state index is 13.6. The van der Waals surface area contributed by atoms with Crippen LogP contribution < -0.4 is 0 Å². The number of phenols is 4. The van der Waals surface area contributed by atoms with Crippen molar-refractivity contribution in [3.05, 3.63) is 132 Å². The van der Waals surface area contributed by atoms with Gasteiger partial charge in [0.15, 0.2) is 40.3 Å². The number of aliphatic hydroxyl groups excluding tert-OH is 4. The third-order valence-electron chi connectivity index (χ3n) is 8.17. The number of carbonyl (C=O) groups excluding carboxylic acids is 2. The first-order chi connectivity index (χ1) is 27.0. The van der Waals surface area contributed by atoms with Gasteiger partial charge in [-0.2, -0.15) is 0 Å². The van der Waals surface area contributed by atoms with E-state index in [0.29, 0.717) is 11.1 Å². The van der Waals surface area contributed by atoms with E-state index in [0.717, 1.165) is 18.2 Å². The Hall–Kier alpha value is -7.10. The molecule has 2 aromatic rings. The number of carboxylic acid groups (broad SMARTS) is 2. The fourth-order valence-corrected chi connectivity index (χ4v) is 5.31. The van der Waals surface area contributed by atoms with Crippen LogP contribution in [0.25, 0.3) is 0 Å². The number of benzene rings is 2. The summed E-state index contributed by atoms with van der Waals surface area (Å²) in [5.41, 5.74) is 0.650. The summed E-state index contributed by atoms with van der Waals surface area (Å²) in [6.07, 6.45) is 5.67. The highest BCUT2D eigenvalue weighted by atomic mass is 16.6. The molecule has 1 aliphatic rings. The number of carboxylic acids is 2. The van der Waals surface area contributed by atoms with E-state index in [1.54, 1.807) is 6.92 Å². The molecule has 0 bridgehead atoms. The number of hydrogen-bond donors (Lipinski definition) is 10. The summed E-state index contributed by atoms with van der Waals surface area (Å²) in [5, 5.41) is 96.7. The number of aromatic hydroxyl groups is 4. The molecule has 0 saturated heterocycles. The molecule has 308 valence electrons. The van der Waals surface area contributed by atoms with Gasteiger partial charge in [-0.3, -0.25) is 4.79 Å². The second-order valence-electron chi connectivity index (χ2n) is 11.8. The molecular weight excluding hydrogens is 748 g/mol. The van der Waals surface area contributed by atoms with Crippen LogP contribution in [0, 0.1) is 11.8 Å². The van der Waals surface area contributed by atoms with Crippen LogP contribution in [0.5, 0.6) is 23.0 Å². The van der Waals surface area contributed by atoms with Gasteiger partial charge in [-0.15, -0.1) is 6.58 Å². The minimum atomic E-state index is -1.66. The van der Waals surface area contributed by atoms with Crippen molar-refractivity contribution in [3.63, 3.8) is 0 Å². The summed E-state index contributed by atoms with van der Waals surface area (Å²) in [5.74, 6) is -9.59. The standard InChI is InChI=1S/C29H30O10.C10H12O6.C2H6/c1-3-18-15(2)26(17-9-11-21(31)24(34)14-17)19(6-4-5-7-22(32)27(18)35)29(38)39-25(28(36)37)13-16-8-10-20(30)23(33)12-16;1-2-7(12)8(13)4-3-5-9(10(14)15)16-6-11;1-2/h3,5-12,14-15,18,25-26,30-35H,1,4,13H2,2H3,(H,36,37);2-4,6,9,12-13H,1,5H2,(H,14,15);1-2H3/b7-5-,19-6+,27-22-;4-3+,8-7-;. The smallest absolute Gasteiger partial charge is 0.345 e. The lowest BCUT2D eigenvalue weighted by atomic mass is 9.73. The molecule has 1 aliphatic carbocycles. The van der Waals surface area contributed by atoms with Crippen molar-refractivity contribution < 1.29 is 79.7 Å². The first-order valence-corrected chi connectivity index (χ1v) is 17.3. The van der Waals surface area contributed by atoms with Crippen LogP contribution in [0.15, 0.2) is 121 Å². The van der Waals surface area contributed by atoms with Gasteiger partial charge in [-0.25, -0.2) is 14.4 Å². The topological polar surface area (TPSA) is 289 Å². The number of aliphatic hydroxyl groups is 4. The van der Waals surface area contributed by atoms with Crippen LogP contribution >= 0.6 is 0 Å². The van der Waals surface area contributed by atoms with Crippen molar-refractivity contribution in [2.75, 3.05) is 0 Å². The molecule has 0 saturated carbocycles. The van der Waals surface area contributed by atoms with Crippen molar-refractivity contribution in [2.24, 2.45) is 11.8 Å². The van der Waals surface area contributed by atoms with Gasteiger partial charge in [0.05, 0.1) is 0 Å². The van der Waals surface area contributed by atoms with E-state index in [1.165, 1.54) is 60.7 Å². The number of hydrogen-bond acceptors (Lipinski definition) is 14. The Bertz CT molecular complexity index is 1900. The van der Waals surface area contributed by atoms with Crippen LogP contribution in [0.1, 0.15) is 50.7 Å². The Labute approximate surface area is 328 Å². The first kappa shape index (κ1) is 47.9. The van der Waals surface area contributed by atoms with Crippen LogP contribution in [0.4, 0.5) is 0 Å². The molecule has 0 amide bonds. The van der Waals surface area contributed by atoms with Gasteiger partial charge >= 0.3 is 17.9 Å². The van der Waals surface area contributed by atoms with E-state index in [-0.39, 0.29) is 37.1 Å². The molecule has 5 atom stereocenters. The maximum atomic E-state index is 13.6. The van der Waals surface area contributed by atoms with Gasteiger partial charge in [-0.1, -0.05) is 63.8 Å². The van der Waals surface area contributed by atoms with E-state index in [4.69, 9.17) is 20.1 Å². The Morgan fingerprint density at radius 3 is 1.96 bits per heavy atom. The van der Waals surface area contributed by atoms with Gasteiger partial charge in [0, 0.05) is 30.3 Å². The number of esters is 1. The summed E-state index contributed by atoms with van der Waals surface area (Å²) >= 11 is 0. The molecule has 0 radical (unpaired) electrons. The van der Waals surface area contributed by atoms with E-state index in [9.17, 15) is 54.9 Å². The van der Waals surface area contributed by atoms with Crippen LogP contribution in [0.3, 0.4) is 0 Å². The molecule has 16 heteroatoms. The van der Waals surface area contributed by atoms with Crippen LogP contribution in [-0.4, -0.2) is 87.7 Å². The zero-order valence-electron chi connectivity index (χ0n) is 31.4. The fourth-order valence-electron chi connectivity index (χ4n) is 5.31. The average Bonchev–Trinajstić information content (AvgIpc) is 3.18. The number of phenolic OH excluding ortho intramolecular Hbond substituents is 4. The van der Waals surface area contributed by atoms with Gasteiger partial charge in [0.25, 0.3) is 6.47 Å². The Kier molecular flexibility index (Phi) is 19.9. The largest absolute Gasteiger partial charge is 0.508 e. The number of rotatable bonds is 14. The third kappa shape index (κ3) is 14.2. The summed E-state index contributed by atoms with van der Waals surface area (Å²) < 4.78 is 9.69. The molecule has 0 spiro atoms.